The second-order valence-electron chi connectivity index (χ2n) is 5.98. The molecule has 5 heteroatoms. The molecule has 5 nitrogen and oxygen atoms in total. The van der Waals surface area contributed by atoms with Gasteiger partial charge < -0.3 is 16.2 Å². The van der Waals surface area contributed by atoms with Crippen molar-refractivity contribution in [2.24, 2.45) is 5.73 Å². The number of carboxylic acids is 1. The normalized spacial score (nSPS) is 11.7. The van der Waals surface area contributed by atoms with E-state index >= 15 is 0 Å². The summed E-state index contributed by atoms with van der Waals surface area (Å²) in [5, 5.41) is 11.8. The first-order valence-electron chi connectivity index (χ1n) is 8.46. The van der Waals surface area contributed by atoms with Crippen molar-refractivity contribution < 1.29 is 14.7 Å². The van der Waals surface area contributed by atoms with Crippen LogP contribution in [0.25, 0.3) is 11.1 Å². The third-order valence-electron chi connectivity index (χ3n) is 4.01. The van der Waals surface area contributed by atoms with Crippen molar-refractivity contribution in [3.05, 3.63) is 60.2 Å². The molecule has 132 valence electrons. The summed E-state index contributed by atoms with van der Waals surface area (Å²) < 4.78 is 0. The number of carbonyl (C=O) groups is 2. The number of carboxylic acid groups (broad SMARTS) is 1. The summed E-state index contributed by atoms with van der Waals surface area (Å²) in [5.74, 6) is -1.29. The molecule has 0 saturated heterocycles. The van der Waals surface area contributed by atoms with Crippen LogP contribution in [0.4, 0.5) is 0 Å². The summed E-state index contributed by atoms with van der Waals surface area (Å²) in [6.07, 6.45) is 1.99. The molecule has 0 bridgehead atoms. The molecule has 0 aromatic heterocycles. The third kappa shape index (κ3) is 6.04. The van der Waals surface area contributed by atoms with E-state index in [0.29, 0.717) is 19.4 Å². The van der Waals surface area contributed by atoms with E-state index in [-0.39, 0.29) is 12.3 Å². The minimum absolute atomic E-state index is 0.162. The largest absolute Gasteiger partial charge is 0.480 e. The molecule has 1 atom stereocenters. The average molecular weight is 340 g/mol. The van der Waals surface area contributed by atoms with Crippen LogP contribution in [-0.4, -0.2) is 29.6 Å². The molecule has 0 aliphatic carbocycles. The Bertz CT molecular complexity index is 684. The molecule has 0 aliphatic rings. The number of aliphatic carboxylic acids is 1. The Morgan fingerprint density at radius 3 is 2.20 bits per heavy atom. The van der Waals surface area contributed by atoms with Crippen molar-refractivity contribution in [3.8, 4) is 11.1 Å². The molecule has 0 radical (unpaired) electrons. The van der Waals surface area contributed by atoms with Crippen LogP contribution in [-0.2, 0) is 16.0 Å². The molecule has 0 fully saturated rings. The van der Waals surface area contributed by atoms with Gasteiger partial charge in [0.05, 0.1) is 6.42 Å². The molecular formula is C20H24N2O3. The zero-order chi connectivity index (χ0) is 18.1. The van der Waals surface area contributed by atoms with Gasteiger partial charge in [0.1, 0.15) is 6.04 Å². The molecule has 4 N–H and O–H groups in total. The predicted molar refractivity (Wildman–Crippen MR) is 98.1 cm³/mol. The van der Waals surface area contributed by atoms with Crippen molar-refractivity contribution >= 4 is 11.9 Å². The summed E-state index contributed by atoms with van der Waals surface area (Å²) in [4.78, 5) is 23.4. The Kier molecular flexibility index (Phi) is 7.16. The highest BCUT2D eigenvalue weighted by Gasteiger charge is 2.19. The minimum Gasteiger partial charge on any atom is -0.480 e. The van der Waals surface area contributed by atoms with Crippen LogP contribution in [0.1, 0.15) is 24.8 Å². The van der Waals surface area contributed by atoms with Gasteiger partial charge in [-0.1, -0.05) is 54.6 Å². The Balaban J connectivity index is 1.92. The number of benzene rings is 2. The summed E-state index contributed by atoms with van der Waals surface area (Å²) >= 11 is 0. The van der Waals surface area contributed by atoms with Crippen LogP contribution in [0, 0.1) is 0 Å². The fraction of sp³-hybridized carbons (Fsp3) is 0.300. The number of unbranched alkanes of at least 4 members (excludes halogenated alkanes) is 1. The van der Waals surface area contributed by atoms with Crippen LogP contribution in [0.15, 0.2) is 54.6 Å². The van der Waals surface area contributed by atoms with Crippen molar-refractivity contribution in [2.75, 3.05) is 6.54 Å². The number of carbonyl (C=O) groups excluding carboxylic acids is 1. The van der Waals surface area contributed by atoms with Gasteiger partial charge >= 0.3 is 5.97 Å². The first-order valence-corrected chi connectivity index (χ1v) is 8.46. The fourth-order valence-electron chi connectivity index (χ4n) is 2.63. The minimum atomic E-state index is -1.01. The van der Waals surface area contributed by atoms with E-state index in [1.165, 1.54) is 0 Å². The lowest BCUT2D eigenvalue weighted by molar-refractivity contribution is -0.142. The second-order valence-corrected chi connectivity index (χ2v) is 5.98. The van der Waals surface area contributed by atoms with E-state index in [1.807, 2.05) is 54.6 Å². The average Bonchev–Trinajstić information content (AvgIpc) is 2.62. The van der Waals surface area contributed by atoms with Crippen LogP contribution in [0.2, 0.25) is 0 Å². The topological polar surface area (TPSA) is 92.4 Å². The van der Waals surface area contributed by atoms with E-state index in [4.69, 9.17) is 5.73 Å². The quantitative estimate of drug-likeness (QED) is 0.612. The number of amides is 1. The molecule has 2 aromatic carbocycles. The van der Waals surface area contributed by atoms with E-state index in [9.17, 15) is 14.7 Å². The summed E-state index contributed by atoms with van der Waals surface area (Å²) in [6.45, 7) is 0.522. The Labute approximate surface area is 147 Å². The lowest BCUT2D eigenvalue weighted by atomic mass is 10.0. The number of nitrogens with two attached hydrogens (primary N) is 1. The van der Waals surface area contributed by atoms with Gasteiger partial charge in [0.15, 0.2) is 0 Å². The number of hydrogen-bond acceptors (Lipinski definition) is 3. The smallest absolute Gasteiger partial charge is 0.326 e. The molecule has 0 spiro atoms. The van der Waals surface area contributed by atoms with Gasteiger partial charge in [0, 0.05) is 0 Å². The standard InChI is InChI=1S/C20H24N2O3/c21-13-5-4-8-18(20(24)25)22-19(23)14-15-9-11-17(12-10-15)16-6-2-1-3-7-16/h1-3,6-7,9-12,18H,4-5,8,13-14,21H2,(H,22,23)(H,24,25)/t18-/m0/s1. The van der Waals surface area contributed by atoms with Gasteiger partial charge in [-0.2, -0.15) is 0 Å². The molecule has 0 aliphatic heterocycles. The number of nitrogens with one attached hydrogen (secondary N) is 1. The zero-order valence-corrected chi connectivity index (χ0v) is 14.2. The molecule has 0 saturated carbocycles. The highest BCUT2D eigenvalue weighted by molar-refractivity contribution is 5.85. The zero-order valence-electron chi connectivity index (χ0n) is 14.2. The van der Waals surface area contributed by atoms with Crippen molar-refractivity contribution in [3.63, 3.8) is 0 Å². The van der Waals surface area contributed by atoms with E-state index < -0.39 is 12.0 Å². The van der Waals surface area contributed by atoms with Crippen LogP contribution >= 0.6 is 0 Å². The molecular weight excluding hydrogens is 316 g/mol. The van der Waals surface area contributed by atoms with Crippen molar-refractivity contribution in [1.82, 2.24) is 5.32 Å². The Morgan fingerprint density at radius 1 is 0.960 bits per heavy atom. The van der Waals surface area contributed by atoms with Gasteiger partial charge in [0.2, 0.25) is 5.91 Å². The Morgan fingerprint density at radius 2 is 1.60 bits per heavy atom. The maximum absolute atomic E-state index is 12.1. The van der Waals surface area contributed by atoms with Gasteiger partial charge in [-0.25, -0.2) is 4.79 Å². The summed E-state index contributed by atoms with van der Waals surface area (Å²) in [5.41, 5.74) is 8.46. The molecule has 25 heavy (non-hydrogen) atoms. The SMILES string of the molecule is NCCCC[C@H](NC(=O)Cc1ccc(-c2ccccc2)cc1)C(=O)O. The van der Waals surface area contributed by atoms with Gasteiger partial charge in [-0.3, -0.25) is 4.79 Å². The van der Waals surface area contributed by atoms with Gasteiger partial charge in [-0.15, -0.1) is 0 Å². The maximum Gasteiger partial charge on any atom is 0.326 e. The molecule has 2 aromatic rings. The third-order valence-corrected chi connectivity index (χ3v) is 4.01. The lowest BCUT2D eigenvalue weighted by Gasteiger charge is -2.14. The van der Waals surface area contributed by atoms with Crippen molar-refractivity contribution in [2.45, 2.75) is 31.7 Å². The molecule has 2 rings (SSSR count). The Hall–Kier alpha value is -2.66. The van der Waals surface area contributed by atoms with Crippen LogP contribution < -0.4 is 11.1 Å². The van der Waals surface area contributed by atoms with Gasteiger partial charge in [0.25, 0.3) is 0 Å². The van der Waals surface area contributed by atoms with E-state index in [0.717, 1.165) is 23.1 Å². The monoisotopic (exact) mass is 340 g/mol. The lowest BCUT2D eigenvalue weighted by Crippen LogP contribution is -2.41. The number of rotatable bonds is 9. The first kappa shape index (κ1) is 18.7. The fourth-order valence-corrected chi connectivity index (χ4v) is 2.63. The second kappa shape index (κ2) is 9.59. The first-order chi connectivity index (χ1) is 12.1. The summed E-state index contributed by atoms with van der Waals surface area (Å²) in [7, 11) is 0. The van der Waals surface area contributed by atoms with Crippen LogP contribution in [0.5, 0.6) is 0 Å². The van der Waals surface area contributed by atoms with Crippen molar-refractivity contribution in [1.29, 1.82) is 0 Å². The van der Waals surface area contributed by atoms with Crippen LogP contribution in [0.3, 0.4) is 0 Å². The maximum atomic E-state index is 12.1. The highest BCUT2D eigenvalue weighted by Crippen LogP contribution is 2.19. The molecule has 0 unspecified atom stereocenters. The molecule has 1 amide bonds. The molecule has 0 heterocycles. The highest BCUT2D eigenvalue weighted by atomic mass is 16.4. The number of hydrogen-bond donors (Lipinski definition) is 3. The van der Waals surface area contributed by atoms with E-state index in [2.05, 4.69) is 5.32 Å². The van der Waals surface area contributed by atoms with Gasteiger partial charge in [-0.05, 0) is 42.5 Å². The van der Waals surface area contributed by atoms with E-state index in [1.54, 1.807) is 0 Å². The summed E-state index contributed by atoms with van der Waals surface area (Å²) in [6, 6.07) is 16.8. The predicted octanol–water partition coefficient (Wildman–Crippen LogP) is 2.59.